The summed E-state index contributed by atoms with van der Waals surface area (Å²) in [6.07, 6.45) is 2.68. The predicted molar refractivity (Wildman–Crippen MR) is 147 cm³/mol. The van der Waals surface area contributed by atoms with Gasteiger partial charge in [-0.2, -0.15) is 4.31 Å². The molecule has 0 bridgehead atoms. The molecule has 0 saturated carbocycles. The van der Waals surface area contributed by atoms with Gasteiger partial charge < -0.3 is 15.6 Å². The van der Waals surface area contributed by atoms with E-state index in [1.807, 2.05) is 19.1 Å². The van der Waals surface area contributed by atoms with E-state index in [2.05, 4.69) is 33.9 Å². The molecule has 0 amide bonds. The minimum Gasteiger partial charge on any atom is -0.360 e. The molecule has 2 aromatic carbocycles. The Labute approximate surface area is 223 Å². The van der Waals surface area contributed by atoms with Crippen molar-refractivity contribution in [2.75, 3.05) is 31.5 Å². The molecule has 8 nitrogen and oxygen atoms in total. The molecule has 0 radical (unpaired) electrons. The highest BCUT2D eigenvalue weighted by atomic mass is 32.2. The largest absolute Gasteiger partial charge is 0.360 e. The number of aromatic nitrogens is 1. The van der Waals surface area contributed by atoms with Gasteiger partial charge in [-0.3, -0.25) is 4.90 Å². The average Bonchev–Trinajstić information content (AvgIpc) is 2.90. The molecule has 2 heterocycles. The Balaban J connectivity index is 1.71. The highest BCUT2D eigenvalue weighted by molar-refractivity contribution is 7.89. The number of halogens is 1. The lowest BCUT2D eigenvalue weighted by molar-refractivity contribution is 0.105. The van der Waals surface area contributed by atoms with Crippen LogP contribution in [0.25, 0.3) is 4.85 Å². The van der Waals surface area contributed by atoms with Crippen LogP contribution >= 0.6 is 0 Å². The molecule has 198 valence electrons. The average molecular weight is 535 g/mol. The zero-order valence-corrected chi connectivity index (χ0v) is 22.5. The molecule has 1 fully saturated rings. The van der Waals surface area contributed by atoms with Gasteiger partial charge in [0.05, 0.1) is 0 Å². The van der Waals surface area contributed by atoms with Gasteiger partial charge >= 0.3 is 0 Å². The first kappa shape index (κ1) is 27.4. The third-order valence-electron chi connectivity index (χ3n) is 6.60. The van der Waals surface area contributed by atoms with Gasteiger partial charge in [-0.25, -0.2) is 12.8 Å². The van der Waals surface area contributed by atoms with E-state index in [1.54, 1.807) is 12.1 Å². The first-order chi connectivity index (χ1) is 18.1. The maximum atomic E-state index is 13.6. The van der Waals surface area contributed by atoms with E-state index in [-0.39, 0.29) is 29.1 Å². The molecule has 1 aliphatic rings. The standard InChI is InChI=1S/C28H31FN6O2S/c1-19(2)17-34-12-13-35(38(36,37)27-6-5-11-32-28(27)31-4)18-26(34)24-15-21(16-30)25(14-20(24)3)33-23-9-7-22(29)8-10-23/h5-11,14-16,19,26,30,33H,12-13,17-18H2,1-3H3/t26-/m1/s1. The number of pyridine rings is 1. The van der Waals surface area contributed by atoms with E-state index < -0.39 is 10.0 Å². The lowest BCUT2D eigenvalue weighted by Crippen LogP contribution is -2.51. The van der Waals surface area contributed by atoms with Gasteiger partial charge in [0.1, 0.15) is 16.9 Å². The van der Waals surface area contributed by atoms with Crippen LogP contribution in [0.15, 0.2) is 59.6 Å². The fourth-order valence-electron chi connectivity index (χ4n) is 4.82. The molecule has 2 N–H and O–H groups in total. The minimum atomic E-state index is -3.94. The summed E-state index contributed by atoms with van der Waals surface area (Å²) in [6.45, 7) is 15.4. The van der Waals surface area contributed by atoms with Crippen molar-refractivity contribution < 1.29 is 12.8 Å². The zero-order chi connectivity index (χ0) is 27.4. The summed E-state index contributed by atoms with van der Waals surface area (Å²) in [6, 6.07) is 12.6. The van der Waals surface area contributed by atoms with Gasteiger partial charge in [0.2, 0.25) is 10.0 Å². The quantitative estimate of drug-likeness (QED) is 0.293. The van der Waals surface area contributed by atoms with Crippen molar-refractivity contribution in [3.8, 4) is 0 Å². The van der Waals surface area contributed by atoms with Crippen molar-refractivity contribution in [1.29, 1.82) is 5.41 Å². The fraction of sp³-hybridized carbons (Fsp3) is 0.321. The second-order valence-electron chi connectivity index (χ2n) is 9.78. The van der Waals surface area contributed by atoms with E-state index in [9.17, 15) is 12.8 Å². The van der Waals surface area contributed by atoms with Gasteiger partial charge in [0.15, 0.2) is 0 Å². The summed E-state index contributed by atoms with van der Waals surface area (Å²) >= 11 is 0. The summed E-state index contributed by atoms with van der Waals surface area (Å²) in [4.78, 5) is 9.48. The van der Waals surface area contributed by atoms with Gasteiger partial charge in [0.25, 0.3) is 5.82 Å². The third-order valence-corrected chi connectivity index (χ3v) is 8.49. The third kappa shape index (κ3) is 5.75. The molecule has 0 unspecified atom stereocenters. The predicted octanol–water partition coefficient (Wildman–Crippen LogP) is 5.52. The second-order valence-corrected chi connectivity index (χ2v) is 11.7. The first-order valence-electron chi connectivity index (χ1n) is 12.4. The van der Waals surface area contributed by atoms with Crippen LogP contribution < -0.4 is 5.32 Å². The number of hydrogen-bond acceptors (Lipinski definition) is 6. The van der Waals surface area contributed by atoms with Gasteiger partial charge in [-0.15, -0.1) is 4.98 Å². The summed E-state index contributed by atoms with van der Waals surface area (Å²) in [5.74, 6) is -0.0898. The number of hydrogen-bond donors (Lipinski definition) is 2. The summed E-state index contributed by atoms with van der Waals surface area (Å²) < 4.78 is 42.0. The molecule has 10 heteroatoms. The zero-order valence-electron chi connectivity index (χ0n) is 21.6. The summed E-state index contributed by atoms with van der Waals surface area (Å²) in [5.41, 5.74) is 3.93. The van der Waals surface area contributed by atoms with Crippen LogP contribution in [0.2, 0.25) is 0 Å². The monoisotopic (exact) mass is 534 g/mol. The number of anilines is 2. The van der Waals surface area contributed by atoms with Crippen molar-refractivity contribution in [2.24, 2.45) is 5.92 Å². The smallest absolute Gasteiger partial charge is 0.289 e. The highest BCUT2D eigenvalue weighted by Crippen LogP contribution is 2.35. The van der Waals surface area contributed by atoms with Gasteiger partial charge in [-0.1, -0.05) is 20.4 Å². The van der Waals surface area contributed by atoms with Crippen molar-refractivity contribution in [3.63, 3.8) is 0 Å². The number of sulfonamides is 1. The van der Waals surface area contributed by atoms with E-state index in [1.165, 1.54) is 41.0 Å². The first-order valence-corrected chi connectivity index (χ1v) is 13.8. The molecule has 1 aliphatic heterocycles. The number of aryl methyl sites for hydroxylation is 1. The lowest BCUT2D eigenvalue weighted by Gasteiger charge is -2.42. The molecule has 1 aromatic heterocycles. The van der Waals surface area contributed by atoms with Gasteiger partial charge in [0, 0.05) is 55.4 Å². The lowest BCUT2D eigenvalue weighted by atomic mass is 9.94. The Morgan fingerprint density at radius 3 is 2.63 bits per heavy atom. The van der Waals surface area contributed by atoms with Crippen LogP contribution in [0.5, 0.6) is 0 Å². The Morgan fingerprint density at radius 2 is 1.97 bits per heavy atom. The summed E-state index contributed by atoms with van der Waals surface area (Å²) in [7, 11) is -3.94. The summed E-state index contributed by atoms with van der Waals surface area (Å²) in [5, 5.41) is 11.3. The van der Waals surface area contributed by atoms with Crippen LogP contribution in [0, 0.1) is 30.6 Å². The molecular weight excluding hydrogens is 503 g/mol. The normalized spacial score (nSPS) is 16.8. The van der Waals surface area contributed by atoms with Crippen molar-refractivity contribution >= 4 is 33.4 Å². The Bertz CT molecular complexity index is 1470. The van der Waals surface area contributed by atoms with Crippen LogP contribution in [0.3, 0.4) is 0 Å². The molecule has 38 heavy (non-hydrogen) atoms. The maximum absolute atomic E-state index is 13.6. The number of nitrogens with one attached hydrogen (secondary N) is 2. The van der Waals surface area contributed by atoms with E-state index in [0.717, 1.165) is 17.7 Å². The Kier molecular flexibility index (Phi) is 8.21. The molecular formula is C28H31FN6O2S. The van der Waals surface area contributed by atoms with E-state index >= 15 is 0 Å². The van der Waals surface area contributed by atoms with E-state index in [0.29, 0.717) is 35.9 Å². The minimum absolute atomic E-state index is 0.0817. The fourth-order valence-corrected chi connectivity index (χ4v) is 6.34. The van der Waals surface area contributed by atoms with Crippen molar-refractivity contribution in [3.05, 3.63) is 88.7 Å². The highest BCUT2D eigenvalue weighted by Gasteiger charge is 2.37. The Morgan fingerprint density at radius 1 is 1.24 bits per heavy atom. The molecule has 1 saturated heterocycles. The Hall–Kier alpha value is -3.65. The van der Waals surface area contributed by atoms with Crippen LogP contribution in [-0.4, -0.2) is 55.0 Å². The topological polar surface area (TPSA) is 93.8 Å². The molecule has 0 spiro atoms. The van der Waals surface area contributed by atoms with Crippen LogP contribution in [-0.2, 0) is 10.0 Å². The number of rotatable bonds is 8. The van der Waals surface area contributed by atoms with Crippen molar-refractivity contribution in [2.45, 2.75) is 31.7 Å². The molecule has 1 atom stereocenters. The van der Waals surface area contributed by atoms with Gasteiger partial charge in [-0.05, 0) is 72.5 Å². The van der Waals surface area contributed by atoms with E-state index in [4.69, 9.17) is 12.0 Å². The maximum Gasteiger partial charge on any atom is 0.289 e. The molecule has 0 aliphatic carbocycles. The number of benzene rings is 2. The number of nitrogens with zero attached hydrogens (tertiary/aromatic N) is 4. The SMILES string of the molecule is [C-]#[N+]c1ncccc1S(=O)(=O)N1CCN(CC(C)C)[C@@H](c2cc(C=N)c(Nc3ccc(F)cc3)cc2C)C1. The number of piperazine rings is 1. The molecule has 3 aromatic rings. The second kappa shape index (κ2) is 11.4. The van der Waals surface area contributed by atoms with Crippen molar-refractivity contribution in [1.82, 2.24) is 14.2 Å². The molecule has 4 rings (SSSR count). The van der Waals surface area contributed by atoms with Crippen LogP contribution in [0.4, 0.5) is 21.6 Å². The van der Waals surface area contributed by atoms with Crippen LogP contribution in [0.1, 0.15) is 36.6 Å².